The van der Waals surface area contributed by atoms with Gasteiger partial charge < -0.3 is 15.5 Å². The highest BCUT2D eigenvalue weighted by Crippen LogP contribution is 2.21. The Morgan fingerprint density at radius 3 is 2.47 bits per heavy atom. The highest BCUT2D eigenvalue weighted by Gasteiger charge is 2.33. The maximum atomic E-state index is 12.1. The molecule has 0 saturated carbocycles. The predicted octanol–water partition coefficient (Wildman–Crippen LogP) is 0.953. The maximum absolute atomic E-state index is 12.1. The average Bonchev–Trinajstić information content (AvgIpc) is 2.88. The number of hydrogen-bond donors (Lipinski definition) is 1. The number of hydrogen-bond acceptors (Lipinski definition) is 2. The lowest BCUT2D eigenvalue weighted by molar-refractivity contribution is 0.167. The predicted molar refractivity (Wildman–Crippen MR) is 62.7 cm³/mol. The van der Waals surface area contributed by atoms with Gasteiger partial charge in [-0.15, -0.1) is 0 Å². The van der Waals surface area contributed by atoms with Crippen LogP contribution in [0.2, 0.25) is 0 Å². The molecule has 2 rings (SSSR count). The first-order valence-corrected chi connectivity index (χ1v) is 5.96. The Morgan fingerprint density at radius 2 is 1.87 bits per heavy atom. The molecule has 2 heterocycles. The molecular weight excluding hydrogens is 210 g/mol. The number of carbonyl (C=O) groups is 1. The quantitative estimate of drug-likeness (QED) is 0.679. The molecule has 2 amide bonds. The number of likely N-dealkylation sites (tertiary alicyclic amines) is 2. The average molecular weight is 227 g/mol. The van der Waals surface area contributed by atoms with E-state index in [1.807, 2.05) is 9.80 Å². The smallest absolute Gasteiger partial charge is 0.320 e. The van der Waals surface area contributed by atoms with Crippen molar-refractivity contribution in [3.63, 3.8) is 0 Å². The van der Waals surface area contributed by atoms with Crippen LogP contribution < -0.4 is 5.73 Å². The van der Waals surface area contributed by atoms with Gasteiger partial charge in [0.15, 0.2) is 0 Å². The minimum Gasteiger partial charge on any atom is -0.392 e. The minimum absolute atomic E-state index is 0.00639. The summed E-state index contributed by atoms with van der Waals surface area (Å²) in [6.07, 6.45) is 4.19. The van der Waals surface area contributed by atoms with Crippen molar-refractivity contribution < 1.29 is 4.79 Å². The van der Waals surface area contributed by atoms with E-state index in [4.69, 9.17) is 18.0 Å². The van der Waals surface area contributed by atoms with Crippen LogP contribution in [0.15, 0.2) is 0 Å². The summed E-state index contributed by atoms with van der Waals surface area (Å²) in [5.74, 6) is 0. The van der Waals surface area contributed by atoms with Crippen LogP contribution in [-0.2, 0) is 0 Å². The van der Waals surface area contributed by atoms with E-state index in [2.05, 4.69) is 0 Å². The van der Waals surface area contributed by atoms with Crippen LogP contribution in [0.3, 0.4) is 0 Å². The first-order chi connectivity index (χ1) is 7.20. The molecule has 84 valence electrons. The lowest BCUT2D eigenvalue weighted by atomic mass is 10.2. The van der Waals surface area contributed by atoms with E-state index < -0.39 is 0 Å². The van der Waals surface area contributed by atoms with Gasteiger partial charge in [0.25, 0.3) is 0 Å². The van der Waals surface area contributed by atoms with E-state index in [1.54, 1.807) is 0 Å². The number of carbonyl (C=O) groups excluding carboxylic acids is 1. The largest absolute Gasteiger partial charge is 0.392 e. The normalized spacial score (nSPS) is 26.0. The number of nitrogens with zero attached hydrogens (tertiary/aromatic N) is 2. The van der Waals surface area contributed by atoms with Crippen molar-refractivity contribution in [2.75, 3.05) is 19.6 Å². The third kappa shape index (κ3) is 2.07. The molecule has 2 aliphatic heterocycles. The van der Waals surface area contributed by atoms with Gasteiger partial charge >= 0.3 is 6.03 Å². The molecule has 2 fully saturated rings. The van der Waals surface area contributed by atoms with Crippen molar-refractivity contribution in [3.05, 3.63) is 0 Å². The SMILES string of the molecule is NC(=S)C1CCCN1C(=O)N1CCCC1. The van der Waals surface area contributed by atoms with Gasteiger partial charge in [-0.1, -0.05) is 12.2 Å². The van der Waals surface area contributed by atoms with Crippen LogP contribution in [-0.4, -0.2) is 46.5 Å². The fraction of sp³-hybridized carbons (Fsp3) is 0.800. The Hall–Kier alpha value is -0.840. The van der Waals surface area contributed by atoms with Crippen LogP contribution >= 0.6 is 12.2 Å². The molecule has 0 radical (unpaired) electrons. The molecule has 2 aliphatic rings. The summed E-state index contributed by atoms with van der Waals surface area (Å²) in [6, 6.07) is 0.121. The Labute approximate surface area is 95.4 Å². The fourth-order valence-corrected chi connectivity index (χ4v) is 2.63. The number of thiocarbonyl (C=S) groups is 1. The summed E-state index contributed by atoms with van der Waals surface area (Å²) in [7, 11) is 0. The van der Waals surface area contributed by atoms with E-state index in [9.17, 15) is 4.79 Å². The number of urea groups is 1. The summed E-state index contributed by atoms with van der Waals surface area (Å²) in [5, 5.41) is 0. The lowest BCUT2D eigenvalue weighted by Crippen LogP contribution is -2.48. The van der Waals surface area contributed by atoms with E-state index in [0.717, 1.165) is 45.3 Å². The van der Waals surface area contributed by atoms with Gasteiger partial charge in [0.2, 0.25) is 0 Å². The molecule has 4 nitrogen and oxygen atoms in total. The van der Waals surface area contributed by atoms with Gasteiger partial charge in [0.05, 0.1) is 11.0 Å². The third-order valence-corrected chi connectivity index (χ3v) is 3.48. The Balaban J connectivity index is 2.02. The molecule has 2 N–H and O–H groups in total. The van der Waals surface area contributed by atoms with Crippen molar-refractivity contribution in [2.24, 2.45) is 5.73 Å². The topological polar surface area (TPSA) is 49.6 Å². The van der Waals surface area contributed by atoms with Crippen molar-refractivity contribution in [1.29, 1.82) is 0 Å². The summed E-state index contributed by atoms with van der Waals surface area (Å²) in [6.45, 7) is 2.58. The van der Waals surface area contributed by atoms with Crippen molar-refractivity contribution in [1.82, 2.24) is 9.80 Å². The lowest BCUT2D eigenvalue weighted by Gasteiger charge is -2.28. The van der Waals surface area contributed by atoms with E-state index in [-0.39, 0.29) is 12.1 Å². The van der Waals surface area contributed by atoms with Crippen LogP contribution in [0.1, 0.15) is 25.7 Å². The summed E-state index contributed by atoms with van der Waals surface area (Å²) in [5.41, 5.74) is 5.64. The second kappa shape index (κ2) is 4.35. The molecule has 0 spiro atoms. The maximum Gasteiger partial charge on any atom is 0.320 e. The van der Waals surface area contributed by atoms with Gasteiger partial charge in [-0.25, -0.2) is 4.79 Å². The molecular formula is C10H17N3OS. The highest BCUT2D eigenvalue weighted by molar-refractivity contribution is 7.80. The van der Waals surface area contributed by atoms with Crippen LogP contribution in [0.5, 0.6) is 0 Å². The molecule has 0 aliphatic carbocycles. The Morgan fingerprint density at radius 1 is 1.20 bits per heavy atom. The zero-order valence-corrected chi connectivity index (χ0v) is 9.63. The van der Waals surface area contributed by atoms with Crippen molar-refractivity contribution >= 4 is 23.2 Å². The van der Waals surface area contributed by atoms with Crippen molar-refractivity contribution in [3.8, 4) is 0 Å². The molecule has 5 heteroatoms. The standard InChI is InChI=1S/C10H17N3OS/c11-9(15)8-4-3-7-13(8)10(14)12-5-1-2-6-12/h8H,1-7H2,(H2,11,15). The van der Waals surface area contributed by atoms with Gasteiger partial charge in [-0.05, 0) is 25.7 Å². The molecule has 15 heavy (non-hydrogen) atoms. The highest BCUT2D eigenvalue weighted by atomic mass is 32.1. The van der Waals surface area contributed by atoms with Crippen LogP contribution in [0.25, 0.3) is 0 Å². The first kappa shape index (κ1) is 10.7. The minimum atomic E-state index is -0.00639. The van der Waals surface area contributed by atoms with Crippen LogP contribution in [0.4, 0.5) is 4.79 Å². The monoisotopic (exact) mass is 227 g/mol. The number of rotatable bonds is 1. The second-order valence-corrected chi connectivity index (χ2v) is 4.70. The fourth-order valence-electron chi connectivity index (χ4n) is 2.38. The summed E-state index contributed by atoms with van der Waals surface area (Å²) in [4.78, 5) is 16.3. The third-order valence-electron chi connectivity index (χ3n) is 3.20. The zero-order valence-electron chi connectivity index (χ0n) is 8.82. The van der Waals surface area contributed by atoms with Crippen molar-refractivity contribution in [2.45, 2.75) is 31.7 Å². The van der Waals surface area contributed by atoms with Gasteiger partial charge in [0.1, 0.15) is 0 Å². The van der Waals surface area contributed by atoms with E-state index in [0.29, 0.717) is 4.99 Å². The first-order valence-electron chi connectivity index (χ1n) is 5.55. The molecule has 0 aromatic rings. The molecule has 1 atom stereocenters. The number of nitrogens with two attached hydrogens (primary N) is 1. The molecule has 2 saturated heterocycles. The van der Waals surface area contributed by atoms with E-state index in [1.165, 1.54) is 0 Å². The molecule has 1 unspecified atom stereocenters. The molecule has 0 aromatic carbocycles. The van der Waals surface area contributed by atoms with Gasteiger partial charge in [-0.2, -0.15) is 0 Å². The Kier molecular flexibility index (Phi) is 3.09. The second-order valence-electron chi connectivity index (χ2n) is 4.23. The number of amides is 2. The zero-order chi connectivity index (χ0) is 10.8. The van der Waals surface area contributed by atoms with Gasteiger partial charge in [-0.3, -0.25) is 0 Å². The van der Waals surface area contributed by atoms with Gasteiger partial charge in [0, 0.05) is 19.6 Å². The van der Waals surface area contributed by atoms with E-state index >= 15 is 0 Å². The summed E-state index contributed by atoms with van der Waals surface area (Å²) >= 11 is 4.99. The molecule has 0 aromatic heterocycles. The summed E-state index contributed by atoms with van der Waals surface area (Å²) < 4.78 is 0. The Bertz CT molecular complexity index is 276. The molecule has 0 bridgehead atoms. The van der Waals surface area contributed by atoms with Crippen LogP contribution in [0, 0.1) is 0 Å².